The second-order valence-corrected chi connectivity index (χ2v) is 6.43. The minimum atomic E-state index is 0.746. The van der Waals surface area contributed by atoms with Crippen LogP contribution in [-0.2, 0) is 17.0 Å². The van der Waals surface area contributed by atoms with E-state index in [-0.39, 0.29) is 0 Å². The number of hydrogen-bond donors (Lipinski definition) is 1. The van der Waals surface area contributed by atoms with Crippen LogP contribution in [0.4, 0.5) is 0 Å². The highest BCUT2D eigenvalue weighted by Crippen LogP contribution is 2.26. The number of furan rings is 1. The lowest BCUT2D eigenvalue weighted by Gasteiger charge is -2.20. The van der Waals surface area contributed by atoms with E-state index in [9.17, 15) is 0 Å². The summed E-state index contributed by atoms with van der Waals surface area (Å²) in [6.07, 6.45) is 5.02. The van der Waals surface area contributed by atoms with Gasteiger partial charge < -0.3 is 14.5 Å². The van der Waals surface area contributed by atoms with Crippen LogP contribution in [0.15, 0.2) is 16.5 Å². The van der Waals surface area contributed by atoms with E-state index in [0.29, 0.717) is 0 Å². The van der Waals surface area contributed by atoms with Crippen molar-refractivity contribution in [1.29, 1.82) is 0 Å². The number of ether oxygens (including phenoxy) is 1. The molecule has 1 aliphatic carbocycles. The Morgan fingerprint density at radius 1 is 1.11 bits per heavy atom. The predicted molar refractivity (Wildman–Crippen MR) is 73.7 cm³/mol. The number of rotatable bonds is 6. The standard InChI is InChI=1S/C14H21NO2S/c1-2-11(1)15-9-12-3-4-13(17-12)10-18-14-5-7-16-8-6-14/h3-4,11,14-15H,1-2,5-10H2. The third-order valence-electron chi connectivity index (χ3n) is 3.49. The van der Waals surface area contributed by atoms with Crippen LogP contribution in [0.1, 0.15) is 37.2 Å². The predicted octanol–water partition coefficient (Wildman–Crippen LogP) is 2.94. The molecule has 4 heteroatoms. The van der Waals surface area contributed by atoms with Crippen molar-refractivity contribution in [1.82, 2.24) is 5.32 Å². The molecule has 3 rings (SSSR count). The molecule has 0 spiro atoms. The second-order valence-electron chi connectivity index (χ2n) is 5.15. The molecule has 18 heavy (non-hydrogen) atoms. The molecule has 0 atom stereocenters. The molecule has 0 radical (unpaired) electrons. The van der Waals surface area contributed by atoms with Gasteiger partial charge >= 0.3 is 0 Å². The van der Waals surface area contributed by atoms with Crippen molar-refractivity contribution in [2.45, 2.75) is 49.3 Å². The van der Waals surface area contributed by atoms with E-state index in [2.05, 4.69) is 17.4 Å². The average molecular weight is 267 g/mol. The molecule has 0 unspecified atom stereocenters. The molecular weight excluding hydrogens is 246 g/mol. The van der Waals surface area contributed by atoms with Crippen molar-refractivity contribution in [2.75, 3.05) is 13.2 Å². The minimum Gasteiger partial charge on any atom is -0.464 e. The first-order valence-electron chi connectivity index (χ1n) is 6.90. The minimum absolute atomic E-state index is 0.746. The van der Waals surface area contributed by atoms with Gasteiger partial charge in [-0.3, -0.25) is 0 Å². The summed E-state index contributed by atoms with van der Waals surface area (Å²) in [5.74, 6) is 3.18. The van der Waals surface area contributed by atoms with Gasteiger partial charge in [0.15, 0.2) is 0 Å². The number of thioether (sulfide) groups is 1. The summed E-state index contributed by atoms with van der Waals surface area (Å²) < 4.78 is 11.2. The zero-order valence-electron chi connectivity index (χ0n) is 10.7. The normalized spacial score (nSPS) is 21.3. The largest absolute Gasteiger partial charge is 0.464 e. The van der Waals surface area contributed by atoms with Gasteiger partial charge in [-0.25, -0.2) is 0 Å². The Balaban J connectivity index is 1.41. The van der Waals surface area contributed by atoms with Gasteiger partial charge in [0, 0.05) is 24.5 Å². The van der Waals surface area contributed by atoms with Crippen LogP contribution in [0.5, 0.6) is 0 Å². The molecular formula is C14H21NO2S. The molecule has 100 valence electrons. The molecule has 1 saturated carbocycles. The summed E-state index contributed by atoms with van der Waals surface area (Å²) in [7, 11) is 0. The highest BCUT2D eigenvalue weighted by molar-refractivity contribution is 7.99. The lowest BCUT2D eigenvalue weighted by atomic mass is 10.2. The van der Waals surface area contributed by atoms with Crippen LogP contribution < -0.4 is 5.32 Å². The van der Waals surface area contributed by atoms with Crippen LogP contribution in [0.3, 0.4) is 0 Å². The van der Waals surface area contributed by atoms with Crippen molar-refractivity contribution in [3.63, 3.8) is 0 Å². The van der Waals surface area contributed by atoms with E-state index in [0.717, 1.165) is 48.3 Å². The quantitative estimate of drug-likeness (QED) is 0.859. The third-order valence-corrected chi connectivity index (χ3v) is 4.88. The van der Waals surface area contributed by atoms with Gasteiger partial charge in [-0.1, -0.05) is 0 Å². The summed E-state index contributed by atoms with van der Waals surface area (Å²) in [5, 5.41) is 4.22. The van der Waals surface area contributed by atoms with E-state index in [1.807, 2.05) is 11.8 Å². The molecule has 2 heterocycles. The third kappa shape index (κ3) is 3.77. The second kappa shape index (κ2) is 6.13. The van der Waals surface area contributed by atoms with Crippen LogP contribution in [0.25, 0.3) is 0 Å². The van der Waals surface area contributed by atoms with Crippen molar-refractivity contribution < 1.29 is 9.15 Å². The summed E-state index contributed by atoms with van der Waals surface area (Å²) >= 11 is 2.01. The Bertz CT molecular complexity index is 370. The molecule has 0 amide bonds. The SMILES string of the molecule is c1cc(CSC2CCOCC2)oc1CNC1CC1. The lowest BCUT2D eigenvalue weighted by Crippen LogP contribution is -2.17. The maximum Gasteiger partial charge on any atom is 0.118 e. The van der Waals surface area contributed by atoms with Gasteiger partial charge in [-0.15, -0.1) is 0 Å². The topological polar surface area (TPSA) is 34.4 Å². The van der Waals surface area contributed by atoms with E-state index in [1.165, 1.54) is 25.7 Å². The van der Waals surface area contributed by atoms with Crippen molar-refractivity contribution >= 4 is 11.8 Å². The first-order chi connectivity index (χ1) is 8.90. The van der Waals surface area contributed by atoms with E-state index in [1.54, 1.807) is 0 Å². The fourth-order valence-corrected chi connectivity index (χ4v) is 3.25. The summed E-state index contributed by atoms with van der Waals surface area (Å²) in [5.41, 5.74) is 0. The fraction of sp³-hybridized carbons (Fsp3) is 0.714. The Hall–Kier alpha value is -0.450. The van der Waals surface area contributed by atoms with E-state index in [4.69, 9.17) is 9.15 Å². The zero-order chi connectivity index (χ0) is 12.2. The first kappa shape index (κ1) is 12.6. The Morgan fingerprint density at radius 2 is 1.89 bits per heavy atom. The van der Waals surface area contributed by atoms with Crippen molar-refractivity contribution in [3.05, 3.63) is 23.7 Å². The van der Waals surface area contributed by atoms with Gasteiger partial charge in [0.1, 0.15) is 11.5 Å². The molecule has 2 fully saturated rings. The van der Waals surface area contributed by atoms with Gasteiger partial charge in [-0.05, 0) is 37.8 Å². The van der Waals surface area contributed by atoms with Gasteiger partial charge in [0.05, 0.1) is 12.3 Å². The van der Waals surface area contributed by atoms with E-state index >= 15 is 0 Å². The lowest BCUT2D eigenvalue weighted by molar-refractivity contribution is 0.1000. The Kier molecular flexibility index (Phi) is 4.28. The average Bonchev–Trinajstić information content (AvgIpc) is 3.14. The Labute approximate surface area is 113 Å². The van der Waals surface area contributed by atoms with Crippen LogP contribution in [0.2, 0.25) is 0 Å². The summed E-state index contributed by atoms with van der Waals surface area (Å²) in [4.78, 5) is 0. The van der Waals surface area contributed by atoms with Crippen molar-refractivity contribution in [3.8, 4) is 0 Å². The van der Waals surface area contributed by atoms with Crippen LogP contribution in [0, 0.1) is 0 Å². The Morgan fingerprint density at radius 3 is 2.67 bits per heavy atom. The molecule has 1 aromatic rings. The first-order valence-corrected chi connectivity index (χ1v) is 7.95. The molecule has 1 aromatic heterocycles. The maximum absolute atomic E-state index is 5.84. The fourth-order valence-electron chi connectivity index (χ4n) is 2.17. The number of hydrogen-bond acceptors (Lipinski definition) is 4. The molecule has 2 aliphatic rings. The van der Waals surface area contributed by atoms with E-state index < -0.39 is 0 Å². The molecule has 1 saturated heterocycles. The highest BCUT2D eigenvalue weighted by Gasteiger charge is 2.20. The van der Waals surface area contributed by atoms with Gasteiger partial charge in [0.2, 0.25) is 0 Å². The van der Waals surface area contributed by atoms with Crippen LogP contribution in [-0.4, -0.2) is 24.5 Å². The molecule has 0 bridgehead atoms. The van der Waals surface area contributed by atoms with Crippen LogP contribution >= 0.6 is 11.8 Å². The monoisotopic (exact) mass is 267 g/mol. The molecule has 0 aromatic carbocycles. The highest BCUT2D eigenvalue weighted by atomic mass is 32.2. The molecule has 1 aliphatic heterocycles. The smallest absolute Gasteiger partial charge is 0.118 e. The summed E-state index contributed by atoms with van der Waals surface area (Å²) in [6, 6.07) is 4.97. The maximum atomic E-state index is 5.84. The number of nitrogens with one attached hydrogen (secondary N) is 1. The molecule has 3 nitrogen and oxygen atoms in total. The van der Waals surface area contributed by atoms with Gasteiger partial charge in [0.25, 0.3) is 0 Å². The molecule has 1 N–H and O–H groups in total. The summed E-state index contributed by atoms with van der Waals surface area (Å²) in [6.45, 7) is 2.73. The zero-order valence-corrected chi connectivity index (χ0v) is 11.5. The van der Waals surface area contributed by atoms with Gasteiger partial charge in [-0.2, -0.15) is 11.8 Å². The van der Waals surface area contributed by atoms with Crippen molar-refractivity contribution in [2.24, 2.45) is 0 Å².